The summed E-state index contributed by atoms with van der Waals surface area (Å²) in [6, 6.07) is 11.8. The van der Waals surface area contributed by atoms with Crippen molar-refractivity contribution in [3.8, 4) is 5.75 Å². The second-order valence-corrected chi connectivity index (χ2v) is 7.82. The van der Waals surface area contributed by atoms with Crippen LogP contribution in [0.4, 0.5) is 0 Å². The molecule has 0 saturated carbocycles. The molecule has 8 nitrogen and oxygen atoms in total. The summed E-state index contributed by atoms with van der Waals surface area (Å²) in [6.07, 6.45) is -0.192. The predicted molar refractivity (Wildman–Crippen MR) is 115 cm³/mol. The molecule has 1 atom stereocenters. The third-order valence-corrected chi connectivity index (χ3v) is 5.61. The standard InChI is InChI=1S/C23H20ClNO7/c1-13-17(11-20(26)32-23(2)22(28)30-12-31-23)18-10-16(29-3)8-9-19(18)25(13)21(27)14-4-6-15(24)7-5-14/h4-10H,11-12H2,1-3H3. The second kappa shape index (κ2) is 8.29. The van der Waals surface area contributed by atoms with Crippen molar-refractivity contribution in [3.63, 3.8) is 0 Å². The molecule has 2 aromatic carbocycles. The molecule has 0 amide bonds. The van der Waals surface area contributed by atoms with Gasteiger partial charge in [0.2, 0.25) is 0 Å². The van der Waals surface area contributed by atoms with Gasteiger partial charge in [-0.15, -0.1) is 0 Å². The first-order valence-corrected chi connectivity index (χ1v) is 10.1. The van der Waals surface area contributed by atoms with Crippen LogP contribution in [0.1, 0.15) is 28.5 Å². The van der Waals surface area contributed by atoms with Crippen LogP contribution < -0.4 is 4.74 Å². The molecule has 1 aliphatic heterocycles. The molecule has 1 aliphatic rings. The number of hydrogen-bond acceptors (Lipinski definition) is 7. The van der Waals surface area contributed by atoms with E-state index in [4.69, 9.17) is 30.5 Å². The number of halogens is 1. The zero-order chi connectivity index (χ0) is 23.0. The van der Waals surface area contributed by atoms with E-state index >= 15 is 0 Å². The lowest BCUT2D eigenvalue weighted by Gasteiger charge is -2.18. The van der Waals surface area contributed by atoms with E-state index in [-0.39, 0.29) is 19.1 Å². The summed E-state index contributed by atoms with van der Waals surface area (Å²) in [5, 5.41) is 1.17. The Bertz CT molecular complexity index is 1230. The molecule has 1 unspecified atom stereocenters. The molecule has 9 heteroatoms. The molecule has 2 heterocycles. The third kappa shape index (κ3) is 3.83. The number of methoxy groups -OCH3 is 1. The van der Waals surface area contributed by atoms with E-state index in [9.17, 15) is 14.4 Å². The summed E-state index contributed by atoms with van der Waals surface area (Å²) in [6.45, 7) is 2.78. The van der Waals surface area contributed by atoms with E-state index in [0.29, 0.717) is 38.5 Å². The zero-order valence-electron chi connectivity index (χ0n) is 17.6. The van der Waals surface area contributed by atoms with E-state index in [2.05, 4.69) is 0 Å². The van der Waals surface area contributed by atoms with Crippen molar-refractivity contribution in [1.82, 2.24) is 4.57 Å². The van der Waals surface area contributed by atoms with E-state index in [1.165, 1.54) is 18.6 Å². The maximum atomic E-state index is 13.3. The smallest absolute Gasteiger partial charge is 0.381 e. The van der Waals surface area contributed by atoms with Gasteiger partial charge in [0.15, 0.2) is 6.79 Å². The van der Waals surface area contributed by atoms with Gasteiger partial charge in [0.05, 0.1) is 19.0 Å². The summed E-state index contributed by atoms with van der Waals surface area (Å²) in [7, 11) is 1.53. The van der Waals surface area contributed by atoms with Crippen LogP contribution >= 0.6 is 11.6 Å². The molecule has 1 saturated heterocycles. The number of aromatic nitrogens is 1. The number of esters is 2. The maximum Gasteiger partial charge on any atom is 0.381 e. The minimum atomic E-state index is -1.79. The molecule has 0 aliphatic carbocycles. The normalized spacial score (nSPS) is 17.9. The topological polar surface area (TPSA) is 93.1 Å². The van der Waals surface area contributed by atoms with Crippen LogP contribution in [0.15, 0.2) is 42.5 Å². The summed E-state index contributed by atoms with van der Waals surface area (Å²) in [5.41, 5.74) is 2.18. The zero-order valence-corrected chi connectivity index (χ0v) is 18.4. The average Bonchev–Trinajstić information content (AvgIpc) is 3.23. The minimum Gasteiger partial charge on any atom is -0.497 e. The van der Waals surface area contributed by atoms with Gasteiger partial charge in [-0.3, -0.25) is 18.9 Å². The number of hydrogen-bond donors (Lipinski definition) is 0. The fourth-order valence-corrected chi connectivity index (χ4v) is 3.78. The van der Waals surface area contributed by atoms with Crippen molar-refractivity contribution in [2.75, 3.05) is 13.9 Å². The van der Waals surface area contributed by atoms with Gasteiger partial charge in [-0.2, -0.15) is 0 Å². The molecule has 0 N–H and O–H groups in total. The van der Waals surface area contributed by atoms with Crippen LogP contribution in [0.5, 0.6) is 5.75 Å². The molecule has 1 fully saturated rings. The van der Waals surface area contributed by atoms with Crippen molar-refractivity contribution in [2.24, 2.45) is 0 Å². The van der Waals surface area contributed by atoms with Gasteiger partial charge >= 0.3 is 17.7 Å². The molecule has 4 rings (SSSR count). The molecule has 0 radical (unpaired) electrons. The molecule has 3 aromatic rings. The highest BCUT2D eigenvalue weighted by atomic mass is 35.5. The van der Waals surface area contributed by atoms with Crippen molar-refractivity contribution < 1.29 is 33.3 Å². The van der Waals surface area contributed by atoms with E-state index in [1.54, 1.807) is 49.4 Å². The summed E-state index contributed by atoms with van der Waals surface area (Å²) in [5.74, 6) is -2.97. The third-order valence-electron chi connectivity index (χ3n) is 5.36. The Labute approximate surface area is 188 Å². The number of cyclic esters (lactones) is 1. The predicted octanol–water partition coefficient (Wildman–Crippen LogP) is 3.63. The first-order chi connectivity index (χ1) is 15.2. The van der Waals surface area contributed by atoms with E-state index < -0.39 is 17.7 Å². The molecule has 166 valence electrons. The van der Waals surface area contributed by atoms with Gasteiger partial charge in [0, 0.05) is 28.6 Å². The van der Waals surface area contributed by atoms with Gasteiger partial charge in [-0.05, 0) is 55.0 Å². The van der Waals surface area contributed by atoms with Crippen molar-refractivity contribution in [3.05, 3.63) is 64.3 Å². The Kier molecular flexibility index (Phi) is 5.66. The number of rotatable bonds is 5. The molecule has 0 spiro atoms. The number of fused-ring (bicyclic) bond motifs is 1. The van der Waals surface area contributed by atoms with Crippen LogP contribution in [0.25, 0.3) is 10.9 Å². The number of nitrogens with zero attached hydrogens (tertiary/aromatic N) is 1. The van der Waals surface area contributed by atoms with Gasteiger partial charge in [-0.1, -0.05) is 11.6 Å². The highest BCUT2D eigenvalue weighted by Crippen LogP contribution is 2.32. The van der Waals surface area contributed by atoms with Crippen molar-refractivity contribution >= 4 is 40.3 Å². The van der Waals surface area contributed by atoms with Crippen LogP contribution in [0.3, 0.4) is 0 Å². The van der Waals surface area contributed by atoms with Gasteiger partial charge in [-0.25, -0.2) is 4.79 Å². The average molecular weight is 458 g/mol. The van der Waals surface area contributed by atoms with Crippen molar-refractivity contribution in [2.45, 2.75) is 26.1 Å². The van der Waals surface area contributed by atoms with Crippen LogP contribution in [0, 0.1) is 6.92 Å². The summed E-state index contributed by atoms with van der Waals surface area (Å²) in [4.78, 5) is 37.8. The fourth-order valence-electron chi connectivity index (χ4n) is 3.65. The van der Waals surface area contributed by atoms with Gasteiger partial charge in [0.25, 0.3) is 5.91 Å². The molecular formula is C23H20ClNO7. The monoisotopic (exact) mass is 457 g/mol. The molecule has 0 bridgehead atoms. The first kappa shape index (κ1) is 21.9. The summed E-state index contributed by atoms with van der Waals surface area (Å²) < 4.78 is 22.0. The minimum absolute atomic E-state index is 0.192. The van der Waals surface area contributed by atoms with Gasteiger partial charge in [0.1, 0.15) is 5.75 Å². The number of carbonyl (C=O) groups is 3. The lowest BCUT2D eigenvalue weighted by molar-refractivity contribution is -0.204. The Morgan fingerprint density at radius 1 is 1.19 bits per heavy atom. The number of carbonyl (C=O) groups excluding carboxylic acids is 3. The quantitative estimate of drug-likeness (QED) is 0.540. The Hall–Kier alpha value is -3.36. The highest BCUT2D eigenvalue weighted by Gasteiger charge is 2.45. The molecular weight excluding hydrogens is 438 g/mol. The van der Waals surface area contributed by atoms with Crippen LogP contribution in [0.2, 0.25) is 5.02 Å². The highest BCUT2D eigenvalue weighted by molar-refractivity contribution is 6.30. The van der Waals surface area contributed by atoms with Crippen LogP contribution in [-0.4, -0.2) is 42.1 Å². The van der Waals surface area contributed by atoms with E-state index in [1.807, 2.05) is 0 Å². The van der Waals surface area contributed by atoms with Crippen LogP contribution in [-0.2, 0) is 30.2 Å². The van der Waals surface area contributed by atoms with Gasteiger partial charge < -0.3 is 14.2 Å². The second-order valence-electron chi connectivity index (χ2n) is 7.39. The van der Waals surface area contributed by atoms with Crippen molar-refractivity contribution in [1.29, 1.82) is 0 Å². The lowest BCUT2D eigenvalue weighted by atomic mass is 10.1. The molecule has 32 heavy (non-hydrogen) atoms. The Balaban J connectivity index is 1.75. The molecule has 1 aromatic heterocycles. The number of benzene rings is 2. The largest absolute Gasteiger partial charge is 0.497 e. The van der Waals surface area contributed by atoms with E-state index in [0.717, 1.165) is 0 Å². The Morgan fingerprint density at radius 3 is 2.53 bits per heavy atom. The fraction of sp³-hybridized carbons (Fsp3) is 0.261. The number of ether oxygens (including phenoxy) is 4. The lowest BCUT2D eigenvalue weighted by Crippen LogP contribution is -2.38. The summed E-state index contributed by atoms with van der Waals surface area (Å²) >= 11 is 5.95. The maximum absolute atomic E-state index is 13.3. The SMILES string of the molecule is COc1ccc2c(c1)c(CC(=O)OC1(C)OCOC1=O)c(C)n2C(=O)c1ccc(Cl)cc1. The first-order valence-electron chi connectivity index (χ1n) is 9.74. The Morgan fingerprint density at radius 2 is 1.91 bits per heavy atom.